The summed E-state index contributed by atoms with van der Waals surface area (Å²) in [6, 6.07) is 1.50. The van der Waals surface area contributed by atoms with Gasteiger partial charge in [0.2, 0.25) is 5.91 Å². The summed E-state index contributed by atoms with van der Waals surface area (Å²) in [6.07, 6.45) is -1.96. The minimum atomic E-state index is -2.93. The first-order valence-corrected chi connectivity index (χ1v) is 16.4. The number of nitrogens with one attached hydrogen (secondary N) is 1. The van der Waals surface area contributed by atoms with Gasteiger partial charge in [-0.2, -0.15) is 4.98 Å². The van der Waals surface area contributed by atoms with Gasteiger partial charge in [-0.15, -0.1) is 0 Å². The lowest BCUT2D eigenvalue weighted by Crippen LogP contribution is -2.65. The van der Waals surface area contributed by atoms with Crippen LogP contribution < -0.4 is 11.0 Å². The number of fused-ring (bicyclic) bond motifs is 1. The summed E-state index contributed by atoms with van der Waals surface area (Å²) in [5, 5.41) is 13.8. The summed E-state index contributed by atoms with van der Waals surface area (Å²) < 4.78 is 28.1. The number of aliphatic hydroxyl groups excluding tert-OH is 1. The van der Waals surface area contributed by atoms with Crippen LogP contribution >= 0.6 is 0 Å². The number of amides is 1. The van der Waals surface area contributed by atoms with Crippen molar-refractivity contribution in [1.29, 1.82) is 0 Å². The Labute approximate surface area is 209 Å². The molecule has 0 radical (unpaired) electrons. The highest BCUT2D eigenvalue weighted by atomic mass is 28.5. The normalized spacial score (nSPS) is 28.3. The van der Waals surface area contributed by atoms with Crippen LogP contribution in [0.5, 0.6) is 0 Å². The van der Waals surface area contributed by atoms with Crippen molar-refractivity contribution in [2.75, 3.05) is 11.9 Å². The first-order valence-electron chi connectivity index (χ1n) is 12.5. The number of rotatable bonds is 6. The van der Waals surface area contributed by atoms with Crippen molar-refractivity contribution in [2.45, 2.75) is 109 Å². The molecule has 1 aromatic heterocycles. The van der Waals surface area contributed by atoms with E-state index in [0.717, 1.165) is 0 Å². The largest absolute Gasteiger partial charge is 0.414 e. The van der Waals surface area contributed by atoms with E-state index in [2.05, 4.69) is 65.7 Å². The number of carbonyl (C=O) groups is 1. The van der Waals surface area contributed by atoms with Crippen LogP contribution in [0.2, 0.25) is 22.2 Å². The molecule has 198 valence electrons. The van der Waals surface area contributed by atoms with Gasteiger partial charge in [0.15, 0.2) is 6.23 Å². The number of nitrogens with zero attached hydrogens (tertiary/aromatic N) is 2. The predicted molar refractivity (Wildman–Crippen MR) is 137 cm³/mol. The quantitative estimate of drug-likeness (QED) is 0.540. The van der Waals surface area contributed by atoms with Crippen molar-refractivity contribution in [1.82, 2.24) is 9.55 Å². The van der Waals surface area contributed by atoms with Gasteiger partial charge in [0.25, 0.3) is 0 Å². The smallest absolute Gasteiger partial charge is 0.351 e. The molecule has 0 bridgehead atoms. The first kappa shape index (κ1) is 28.2. The zero-order valence-electron chi connectivity index (χ0n) is 22.3. The van der Waals surface area contributed by atoms with E-state index in [-0.39, 0.29) is 40.5 Å². The lowest BCUT2D eigenvalue weighted by Gasteiger charge is -2.51. The molecule has 1 unspecified atom stereocenters. The SMILES string of the molecule is CC(=O)Nc1ccn([C@@H]2O[C@@H]3CO[Si](C(C)C)(C(C)C)O[Si](C(C)C)(C(C)C)OC3[C@@H]2O)c(=O)n1. The predicted octanol–water partition coefficient (Wildman–Crippen LogP) is 3.42. The third kappa shape index (κ3) is 5.20. The highest BCUT2D eigenvalue weighted by Crippen LogP contribution is 2.48. The fourth-order valence-electron chi connectivity index (χ4n) is 5.22. The maximum atomic E-state index is 12.7. The summed E-state index contributed by atoms with van der Waals surface area (Å²) in [6.45, 7) is 18.5. The molecule has 12 heteroatoms. The molecule has 1 aromatic rings. The Morgan fingerprint density at radius 2 is 1.66 bits per heavy atom. The summed E-state index contributed by atoms with van der Waals surface area (Å²) >= 11 is 0. The van der Waals surface area contributed by atoms with Crippen LogP contribution in [0.1, 0.15) is 68.5 Å². The molecule has 35 heavy (non-hydrogen) atoms. The van der Waals surface area contributed by atoms with Gasteiger partial charge in [-0.1, -0.05) is 55.4 Å². The van der Waals surface area contributed by atoms with Gasteiger partial charge in [0.1, 0.15) is 24.1 Å². The number of anilines is 1. The summed E-state index contributed by atoms with van der Waals surface area (Å²) in [7, 11) is -5.68. The van der Waals surface area contributed by atoms with Crippen LogP contribution in [0, 0.1) is 0 Å². The maximum absolute atomic E-state index is 12.7. The van der Waals surface area contributed by atoms with Gasteiger partial charge in [-0.25, -0.2) is 4.79 Å². The molecule has 3 rings (SSSR count). The lowest BCUT2D eigenvalue weighted by atomic mass is 10.1. The van der Waals surface area contributed by atoms with Crippen LogP contribution in [-0.4, -0.2) is 62.6 Å². The molecule has 2 N–H and O–H groups in total. The Morgan fingerprint density at radius 3 is 2.14 bits per heavy atom. The second-order valence-electron chi connectivity index (χ2n) is 10.8. The molecule has 2 aliphatic rings. The van der Waals surface area contributed by atoms with Gasteiger partial charge in [0.05, 0.1) is 6.61 Å². The number of aromatic nitrogens is 2. The van der Waals surface area contributed by atoms with Crippen LogP contribution in [0.15, 0.2) is 17.1 Å². The zero-order chi connectivity index (χ0) is 26.3. The Bertz CT molecular complexity index is 953. The number of ether oxygens (including phenoxy) is 1. The minimum absolute atomic E-state index is 0.0989. The third-order valence-electron chi connectivity index (χ3n) is 7.05. The fraction of sp³-hybridized carbons (Fsp3) is 0.783. The van der Waals surface area contributed by atoms with Crippen molar-refractivity contribution in [3.63, 3.8) is 0 Å². The molecule has 2 fully saturated rings. The van der Waals surface area contributed by atoms with Gasteiger partial charge in [0, 0.05) is 13.1 Å². The molecule has 2 saturated heterocycles. The molecule has 3 heterocycles. The van der Waals surface area contributed by atoms with E-state index in [1.165, 1.54) is 23.8 Å². The van der Waals surface area contributed by atoms with Crippen LogP contribution in [0.3, 0.4) is 0 Å². The highest BCUT2D eigenvalue weighted by Gasteiger charge is 2.61. The maximum Gasteiger partial charge on any atom is 0.351 e. The minimum Gasteiger partial charge on any atom is -0.414 e. The van der Waals surface area contributed by atoms with Crippen molar-refractivity contribution in [3.05, 3.63) is 22.7 Å². The summed E-state index contributed by atoms with van der Waals surface area (Å²) in [5.74, 6) is -0.191. The van der Waals surface area contributed by atoms with E-state index in [0.29, 0.717) is 0 Å². The van der Waals surface area contributed by atoms with Gasteiger partial charge >= 0.3 is 22.8 Å². The number of aliphatic hydroxyl groups is 1. The second-order valence-corrected chi connectivity index (χ2v) is 19.6. The average Bonchev–Trinajstić information content (AvgIpc) is 3.01. The number of hydrogen-bond donors (Lipinski definition) is 2. The van der Waals surface area contributed by atoms with E-state index >= 15 is 0 Å². The Morgan fingerprint density at radius 1 is 1.09 bits per heavy atom. The molecule has 0 saturated carbocycles. The highest BCUT2D eigenvalue weighted by molar-refractivity contribution is 6.83. The van der Waals surface area contributed by atoms with Gasteiger partial charge in [-0.3, -0.25) is 9.36 Å². The molecular formula is C23H41N3O7Si2. The zero-order valence-corrected chi connectivity index (χ0v) is 24.3. The van der Waals surface area contributed by atoms with Gasteiger partial charge < -0.3 is 28.1 Å². The van der Waals surface area contributed by atoms with E-state index in [1.54, 1.807) is 0 Å². The second kappa shape index (κ2) is 10.5. The molecule has 0 spiro atoms. The first-order chi connectivity index (χ1) is 16.2. The molecule has 10 nitrogen and oxygen atoms in total. The monoisotopic (exact) mass is 527 g/mol. The van der Waals surface area contributed by atoms with E-state index in [9.17, 15) is 14.7 Å². The van der Waals surface area contributed by atoms with Crippen LogP contribution in [-0.2, 0) is 22.5 Å². The van der Waals surface area contributed by atoms with E-state index < -0.39 is 47.4 Å². The summed E-state index contributed by atoms with van der Waals surface area (Å²) in [4.78, 5) is 28.0. The van der Waals surface area contributed by atoms with E-state index in [4.69, 9.17) is 17.7 Å². The van der Waals surface area contributed by atoms with E-state index in [1.807, 2.05) is 0 Å². The van der Waals surface area contributed by atoms with Gasteiger partial charge in [-0.05, 0) is 28.2 Å². The molecule has 2 aliphatic heterocycles. The Balaban J connectivity index is 2.03. The van der Waals surface area contributed by atoms with Crippen LogP contribution in [0.25, 0.3) is 0 Å². The molecule has 1 amide bonds. The number of hydrogen-bond acceptors (Lipinski definition) is 8. The van der Waals surface area contributed by atoms with Crippen molar-refractivity contribution in [3.8, 4) is 0 Å². The summed E-state index contributed by atoms with van der Waals surface area (Å²) in [5.41, 5.74) is -0.0794. The van der Waals surface area contributed by atoms with Crippen molar-refractivity contribution >= 4 is 28.8 Å². The topological polar surface area (TPSA) is 121 Å². The Hall–Kier alpha value is -1.42. The Kier molecular flexibility index (Phi) is 8.46. The van der Waals surface area contributed by atoms with Crippen molar-refractivity contribution in [2.24, 2.45) is 0 Å². The molecule has 0 aromatic carbocycles. The molecule has 4 atom stereocenters. The number of carbonyl (C=O) groups excluding carboxylic acids is 1. The van der Waals surface area contributed by atoms with Crippen molar-refractivity contribution < 1.29 is 27.6 Å². The fourth-order valence-corrected chi connectivity index (χ4v) is 16.4. The lowest BCUT2D eigenvalue weighted by molar-refractivity contribution is -0.114. The standard InChI is InChI=1S/C23H41N3O7Si2/c1-13(2)34(14(3)4)30-12-18-21(32-35(33-34,15(5)6)16(7)8)20(28)22(31-18)26-11-10-19(24-17(9)27)25-23(26)29/h10-11,13-16,18,20-22,28H,12H2,1-9H3,(H,24,25,27,29)/t18-,20+,21?,22-/m1/s1. The third-order valence-corrected chi connectivity index (χ3v) is 17.3. The van der Waals surface area contributed by atoms with Crippen LogP contribution in [0.4, 0.5) is 5.82 Å². The average molecular weight is 528 g/mol. The molecular weight excluding hydrogens is 486 g/mol. The molecule has 0 aliphatic carbocycles.